The third-order valence-corrected chi connectivity index (χ3v) is 4.86. The molecule has 2 heterocycles. The number of rotatable bonds is 5. The van der Waals surface area contributed by atoms with E-state index in [4.69, 9.17) is 0 Å². The summed E-state index contributed by atoms with van der Waals surface area (Å²) in [5.74, 6) is 1.29. The van der Waals surface area contributed by atoms with Crippen LogP contribution in [0.3, 0.4) is 0 Å². The molecular formula is C22H22N4O. The molecule has 1 aromatic heterocycles. The number of nitrogens with zero attached hydrogens (tertiary/aromatic N) is 3. The smallest absolute Gasteiger partial charge is 0.225 e. The number of anilines is 2. The first kappa shape index (κ1) is 17.2. The number of carbonyl (C=O) groups is 1. The van der Waals surface area contributed by atoms with Crippen LogP contribution in [0.4, 0.5) is 11.6 Å². The molecule has 0 radical (unpaired) electrons. The molecule has 5 nitrogen and oxygen atoms in total. The second-order valence-electron chi connectivity index (χ2n) is 6.75. The topological polar surface area (TPSA) is 58.1 Å². The fraction of sp³-hybridized carbons (Fsp3) is 0.227. The second kappa shape index (κ2) is 7.99. The van der Waals surface area contributed by atoms with Gasteiger partial charge in [0.05, 0.1) is 0 Å². The quantitative estimate of drug-likeness (QED) is 0.757. The lowest BCUT2D eigenvalue weighted by Gasteiger charge is -2.29. The predicted octanol–water partition coefficient (Wildman–Crippen LogP) is 3.61. The maximum atomic E-state index is 12.1. The second-order valence-corrected chi connectivity index (χ2v) is 6.75. The molecule has 136 valence electrons. The van der Waals surface area contributed by atoms with E-state index in [1.165, 1.54) is 11.1 Å². The Morgan fingerprint density at radius 3 is 2.48 bits per heavy atom. The van der Waals surface area contributed by atoms with Crippen molar-refractivity contribution in [3.63, 3.8) is 0 Å². The summed E-state index contributed by atoms with van der Waals surface area (Å²) < 4.78 is 0. The molecule has 3 aromatic rings. The van der Waals surface area contributed by atoms with Crippen molar-refractivity contribution in [3.8, 4) is 0 Å². The van der Waals surface area contributed by atoms with Crippen molar-refractivity contribution in [3.05, 3.63) is 83.4 Å². The molecule has 1 amide bonds. The third kappa shape index (κ3) is 4.31. The third-order valence-electron chi connectivity index (χ3n) is 4.86. The average molecular weight is 358 g/mol. The molecule has 0 atom stereocenters. The number of carbonyl (C=O) groups excluding carboxylic acids is 1. The zero-order valence-electron chi connectivity index (χ0n) is 15.1. The number of amides is 1. The Morgan fingerprint density at radius 1 is 0.926 bits per heavy atom. The van der Waals surface area contributed by atoms with Crippen molar-refractivity contribution in [1.82, 2.24) is 10.2 Å². The summed E-state index contributed by atoms with van der Waals surface area (Å²) >= 11 is 0. The van der Waals surface area contributed by atoms with Gasteiger partial charge in [0.2, 0.25) is 5.91 Å². The first-order valence-corrected chi connectivity index (χ1v) is 9.27. The van der Waals surface area contributed by atoms with Crippen molar-refractivity contribution in [2.75, 3.05) is 16.8 Å². The first-order valence-electron chi connectivity index (χ1n) is 9.27. The maximum Gasteiger partial charge on any atom is 0.225 e. The largest absolute Gasteiger partial charge is 0.350 e. The van der Waals surface area contributed by atoms with Crippen molar-refractivity contribution in [1.29, 1.82) is 0 Å². The van der Waals surface area contributed by atoms with E-state index >= 15 is 0 Å². The number of aromatic nitrogens is 2. The Morgan fingerprint density at radius 2 is 1.70 bits per heavy atom. The monoisotopic (exact) mass is 358 g/mol. The van der Waals surface area contributed by atoms with Gasteiger partial charge in [-0.05, 0) is 41.7 Å². The van der Waals surface area contributed by atoms with E-state index in [0.29, 0.717) is 18.7 Å². The molecule has 0 aliphatic carbocycles. The van der Waals surface area contributed by atoms with Gasteiger partial charge in [0, 0.05) is 19.5 Å². The highest BCUT2D eigenvalue weighted by Gasteiger charge is 2.17. The molecule has 0 spiro atoms. The average Bonchev–Trinajstić information content (AvgIpc) is 2.73. The molecule has 0 saturated heterocycles. The van der Waals surface area contributed by atoms with E-state index in [1.54, 1.807) is 0 Å². The molecule has 1 aliphatic rings. The Kier molecular flexibility index (Phi) is 5.10. The van der Waals surface area contributed by atoms with Crippen LogP contribution >= 0.6 is 0 Å². The molecule has 2 aromatic carbocycles. The van der Waals surface area contributed by atoms with E-state index in [0.717, 1.165) is 30.9 Å². The summed E-state index contributed by atoms with van der Waals surface area (Å²) in [6.45, 7) is 1.77. The number of nitrogens with one attached hydrogen (secondary N) is 1. The zero-order chi connectivity index (χ0) is 18.5. The van der Waals surface area contributed by atoms with Crippen molar-refractivity contribution >= 4 is 17.5 Å². The van der Waals surface area contributed by atoms with E-state index in [-0.39, 0.29) is 5.91 Å². The van der Waals surface area contributed by atoms with Crippen LogP contribution in [-0.4, -0.2) is 22.6 Å². The van der Waals surface area contributed by atoms with Crippen LogP contribution in [0.2, 0.25) is 0 Å². The minimum absolute atomic E-state index is 0.0483. The standard InChI is InChI=1S/C22H22N4O/c27-22(13-10-17-6-2-1-3-7-17)23-20-11-12-21(25-24-20)26-15-14-18-8-4-5-9-19(18)16-26/h1-9,11-12H,10,13-16H2,(H,23,24,27). The molecule has 1 N–H and O–H groups in total. The maximum absolute atomic E-state index is 12.1. The van der Waals surface area contributed by atoms with Gasteiger partial charge in [0.1, 0.15) is 0 Å². The van der Waals surface area contributed by atoms with Crippen molar-refractivity contribution < 1.29 is 4.79 Å². The van der Waals surface area contributed by atoms with Crippen LogP contribution in [0.25, 0.3) is 0 Å². The van der Waals surface area contributed by atoms with Gasteiger partial charge in [-0.1, -0.05) is 54.6 Å². The van der Waals surface area contributed by atoms with Crippen LogP contribution in [-0.2, 0) is 24.2 Å². The lowest BCUT2D eigenvalue weighted by molar-refractivity contribution is -0.116. The summed E-state index contributed by atoms with van der Waals surface area (Å²) in [5, 5.41) is 11.3. The highest BCUT2D eigenvalue weighted by molar-refractivity contribution is 5.89. The summed E-state index contributed by atoms with van der Waals surface area (Å²) in [7, 11) is 0. The van der Waals surface area contributed by atoms with Gasteiger partial charge in [-0.25, -0.2) is 0 Å². The summed E-state index contributed by atoms with van der Waals surface area (Å²) in [6, 6.07) is 22.2. The Bertz CT molecular complexity index is 909. The number of aryl methyl sites for hydroxylation is 1. The summed E-state index contributed by atoms with van der Waals surface area (Å²) in [5.41, 5.74) is 3.90. The van der Waals surface area contributed by atoms with Gasteiger partial charge >= 0.3 is 0 Å². The van der Waals surface area contributed by atoms with Gasteiger partial charge < -0.3 is 10.2 Å². The van der Waals surface area contributed by atoms with Crippen LogP contribution in [0.1, 0.15) is 23.1 Å². The molecule has 1 aliphatic heterocycles. The van der Waals surface area contributed by atoms with Crippen LogP contribution in [0, 0.1) is 0 Å². The van der Waals surface area contributed by atoms with Gasteiger partial charge in [0.15, 0.2) is 11.6 Å². The van der Waals surface area contributed by atoms with Crippen LogP contribution in [0.15, 0.2) is 66.7 Å². The normalized spacial score (nSPS) is 13.1. The first-order chi connectivity index (χ1) is 13.3. The molecule has 27 heavy (non-hydrogen) atoms. The molecule has 4 rings (SSSR count). The van der Waals surface area contributed by atoms with E-state index in [1.807, 2.05) is 42.5 Å². The van der Waals surface area contributed by atoms with Gasteiger partial charge in [-0.15, -0.1) is 10.2 Å². The lowest BCUT2D eigenvalue weighted by atomic mass is 10.00. The fourth-order valence-corrected chi connectivity index (χ4v) is 3.36. The van der Waals surface area contributed by atoms with Crippen molar-refractivity contribution in [2.24, 2.45) is 0 Å². The van der Waals surface area contributed by atoms with E-state index in [2.05, 4.69) is 44.7 Å². The van der Waals surface area contributed by atoms with Crippen LogP contribution < -0.4 is 10.2 Å². The Hall–Kier alpha value is -3.21. The Labute approximate surface area is 159 Å². The SMILES string of the molecule is O=C(CCc1ccccc1)Nc1ccc(N2CCc3ccccc3C2)nn1. The predicted molar refractivity (Wildman–Crippen MR) is 107 cm³/mol. The zero-order valence-corrected chi connectivity index (χ0v) is 15.1. The summed E-state index contributed by atoms with van der Waals surface area (Å²) in [6.07, 6.45) is 2.15. The molecule has 0 bridgehead atoms. The highest BCUT2D eigenvalue weighted by Crippen LogP contribution is 2.23. The molecule has 0 unspecified atom stereocenters. The number of hydrogen-bond donors (Lipinski definition) is 1. The van der Waals surface area contributed by atoms with Crippen LogP contribution in [0.5, 0.6) is 0 Å². The van der Waals surface area contributed by atoms with E-state index < -0.39 is 0 Å². The fourth-order valence-electron chi connectivity index (χ4n) is 3.36. The van der Waals surface area contributed by atoms with E-state index in [9.17, 15) is 4.79 Å². The number of fused-ring (bicyclic) bond motifs is 1. The molecule has 5 heteroatoms. The van der Waals surface area contributed by atoms with Gasteiger partial charge in [0.25, 0.3) is 0 Å². The lowest BCUT2D eigenvalue weighted by Crippen LogP contribution is -2.31. The minimum atomic E-state index is -0.0483. The van der Waals surface area contributed by atoms with Crippen molar-refractivity contribution in [2.45, 2.75) is 25.8 Å². The number of benzene rings is 2. The van der Waals surface area contributed by atoms with Gasteiger partial charge in [-0.2, -0.15) is 0 Å². The molecular weight excluding hydrogens is 336 g/mol. The summed E-state index contributed by atoms with van der Waals surface area (Å²) in [4.78, 5) is 14.3. The van der Waals surface area contributed by atoms with Gasteiger partial charge in [-0.3, -0.25) is 4.79 Å². The molecule has 0 fully saturated rings. The Balaban J connectivity index is 1.33. The number of hydrogen-bond acceptors (Lipinski definition) is 4. The molecule has 0 saturated carbocycles. The highest BCUT2D eigenvalue weighted by atomic mass is 16.1. The minimum Gasteiger partial charge on any atom is -0.350 e.